The molecule has 0 atom stereocenters. The van der Waals surface area contributed by atoms with E-state index in [1.807, 2.05) is 0 Å². The lowest BCUT2D eigenvalue weighted by Crippen LogP contribution is -2.32. The number of hydrogen-bond acceptors (Lipinski definition) is 4. The molecule has 1 aromatic rings. The molecule has 0 aliphatic carbocycles. The standard InChI is InChI=1S/C13H20N4O/c1-11(8-14)10-17-13(18)7-12(9-15-17)16-5-3-2-4-6-16/h7,9H,1-6,8,10,14H2. The molecule has 0 aromatic carbocycles. The van der Waals surface area contributed by atoms with Gasteiger partial charge in [-0.05, 0) is 24.8 Å². The van der Waals surface area contributed by atoms with E-state index in [2.05, 4.69) is 16.6 Å². The van der Waals surface area contributed by atoms with E-state index in [0.717, 1.165) is 24.4 Å². The highest BCUT2D eigenvalue weighted by Gasteiger charge is 2.12. The maximum atomic E-state index is 11.9. The third-order valence-electron chi connectivity index (χ3n) is 3.24. The van der Waals surface area contributed by atoms with Crippen LogP contribution in [0.2, 0.25) is 0 Å². The second kappa shape index (κ2) is 5.82. The van der Waals surface area contributed by atoms with E-state index in [-0.39, 0.29) is 5.56 Å². The Labute approximate surface area is 107 Å². The zero-order chi connectivity index (χ0) is 13.0. The van der Waals surface area contributed by atoms with Crippen molar-refractivity contribution in [3.8, 4) is 0 Å². The van der Waals surface area contributed by atoms with Gasteiger partial charge in [-0.25, -0.2) is 4.68 Å². The highest BCUT2D eigenvalue weighted by atomic mass is 16.1. The first-order valence-corrected chi connectivity index (χ1v) is 6.39. The van der Waals surface area contributed by atoms with Gasteiger partial charge in [-0.2, -0.15) is 5.10 Å². The van der Waals surface area contributed by atoms with Crippen molar-refractivity contribution in [1.29, 1.82) is 0 Å². The van der Waals surface area contributed by atoms with E-state index >= 15 is 0 Å². The fraction of sp³-hybridized carbons (Fsp3) is 0.538. The van der Waals surface area contributed by atoms with Crippen LogP contribution in [0.15, 0.2) is 29.2 Å². The van der Waals surface area contributed by atoms with Crippen molar-refractivity contribution in [1.82, 2.24) is 9.78 Å². The molecule has 2 N–H and O–H groups in total. The number of anilines is 1. The fourth-order valence-corrected chi connectivity index (χ4v) is 2.14. The Morgan fingerprint density at radius 3 is 2.72 bits per heavy atom. The third-order valence-corrected chi connectivity index (χ3v) is 3.24. The van der Waals surface area contributed by atoms with E-state index < -0.39 is 0 Å². The van der Waals surface area contributed by atoms with E-state index in [1.54, 1.807) is 12.3 Å². The zero-order valence-corrected chi connectivity index (χ0v) is 10.6. The first-order valence-electron chi connectivity index (χ1n) is 6.39. The van der Waals surface area contributed by atoms with Gasteiger partial charge in [0.15, 0.2) is 0 Å². The van der Waals surface area contributed by atoms with Crippen LogP contribution in [0.1, 0.15) is 19.3 Å². The van der Waals surface area contributed by atoms with Crippen LogP contribution in [0.25, 0.3) is 0 Å². The summed E-state index contributed by atoms with van der Waals surface area (Å²) in [7, 11) is 0. The minimum absolute atomic E-state index is 0.0901. The summed E-state index contributed by atoms with van der Waals surface area (Å²) in [6, 6.07) is 1.65. The molecule has 2 rings (SSSR count). The monoisotopic (exact) mass is 248 g/mol. The van der Waals surface area contributed by atoms with Crippen molar-refractivity contribution in [3.63, 3.8) is 0 Å². The zero-order valence-electron chi connectivity index (χ0n) is 10.6. The normalized spacial score (nSPS) is 15.7. The molecule has 98 valence electrons. The quantitative estimate of drug-likeness (QED) is 0.799. The number of aromatic nitrogens is 2. The van der Waals surface area contributed by atoms with Gasteiger partial charge in [0.1, 0.15) is 0 Å². The second-order valence-electron chi connectivity index (χ2n) is 4.71. The van der Waals surface area contributed by atoms with Gasteiger partial charge in [-0.3, -0.25) is 4.79 Å². The van der Waals surface area contributed by atoms with Crippen LogP contribution in [0, 0.1) is 0 Å². The molecule has 1 aliphatic heterocycles. The molecule has 18 heavy (non-hydrogen) atoms. The Bertz CT molecular complexity index is 474. The summed E-state index contributed by atoms with van der Waals surface area (Å²) in [6.45, 7) is 6.59. The summed E-state index contributed by atoms with van der Waals surface area (Å²) >= 11 is 0. The van der Waals surface area contributed by atoms with Crippen molar-refractivity contribution < 1.29 is 0 Å². The molecule has 1 saturated heterocycles. The number of nitrogens with zero attached hydrogens (tertiary/aromatic N) is 3. The lowest BCUT2D eigenvalue weighted by atomic mass is 10.1. The van der Waals surface area contributed by atoms with Crippen LogP contribution >= 0.6 is 0 Å². The topological polar surface area (TPSA) is 64.2 Å². The Morgan fingerprint density at radius 1 is 1.39 bits per heavy atom. The third kappa shape index (κ3) is 2.98. The van der Waals surface area contributed by atoms with Gasteiger partial charge in [0.2, 0.25) is 0 Å². The SMILES string of the molecule is C=C(CN)Cn1ncc(N2CCCCC2)cc1=O. The van der Waals surface area contributed by atoms with Gasteiger partial charge in [-0.1, -0.05) is 6.58 Å². The Kier molecular flexibility index (Phi) is 4.15. The molecular formula is C13H20N4O. The molecule has 0 spiro atoms. The Hall–Kier alpha value is -1.62. The van der Waals surface area contributed by atoms with Gasteiger partial charge >= 0.3 is 0 Å². The van der Waals surface area contributed by atoms with Crippen molar-refractivity contribution in [2.75, 3.05) is 24.5 Å². The van der Waals surface area contributed by atoms with Gasteiger partial charge in [-0.15, -0.1) is 0 Å². The van der Waals surface area contributed by atoms with Crippen LogP contribution in [-0.4, -0.2) is 29.4 Å². The maximum absolute atomic E-state index is 11.9. The number of hydrogen-bond donors (Lipinski definition) is 1. The predicted octanol–water partition coefficient (Wildman–Crippen LogP) is 0.748. The van der Waals surface area contributed by atoms with Crippen LogP contribution in [0.3, 0.4) is 0 Å². The highest BCUT2D eigenvalue weighted by molar-refractivity contribution is 5.43. The van der Waals surface area contributed by atoms with Crippen LogP contribution < -0.4 is 16.2 Å². The average Bonchev–Trinajstić information content (AvgIpc) is 2.42. The minimum Gasteiger partial charge on any atom is -0.370 e. The van der Waals surface area contributed by atoms with Crippen LogP contribution in [0.4, 0.5) is 5.69 Å². The Balaban J connectivity index is 2.13. The van der Waals surface area contributed by atoms with Gasteiger partial charge in [0.05, 0.1) is 18.4 Å². The van der Waals surface area contributed by atoms with E-state index in [1.165, 1.54) is 23.9 Å². The highest BCUT2D eigenvalue weighted by Crippen LogP contribution is 2.16. The van der Waals surface area contributed by atoms with Crippen LogP contribution in [-0.2, 0) is 6.54 Å². The van der Waals surface area contributed by atoms with Gasteiger partial charge in [0, 0.05) is 25.7 Å². The molecule has 0 unspecified atom stereocenters. The second-order valence-corrected chi connectivity index (χ2v) is 4.71. The molecule has 5 heteroatoms. The minimum atomic E-state index is -0.0901. The molecule has 1 aliphatic rings. The molecule has 0 bridgehead atoms. The fourth-order valence-electron chi connectivity index (χ4n) is 2.14. The molecule has 0 saturated carbocycles. The molecule has 1 fully saturated rings. The smallest absolute Gasteiger partial charge is 0.269 e. The van der Waals surface area contributed by atoms with E-state index in [4.69, 9.17) is 5.73 Å². The van der Waals surface area contributed by atoms with Crippen molar-refractivity contribution in [2.45, 2.75) is 25.8 Å². The van der Waals surface area contributed by atoms with Crippen LogP contribution in [0.5, 0.6) is 0 Å². The average molecular weight is 248 g/mol. The number of nitrogens with two attached hydrogens (primary N) is 1. The molecule has 2 heterocycles. The summed E-state index contributed by atoms with van der Waals surface area (Å²) in [5.74, 6) is 0. The summed E-state index contributed by atoms with van der Waals surface area (Å²) in [5.41, 5.74) is 7.10. The van der Waals surface area contributed by atoms with Crippen molar-refractivity contribution >= 4 is 5.69 Å². The molecular weight excluding hydrogens is 228 g/mol. The van der Waals surface area contributed by atoms with E-state index in [0.29, 0.717) is 13.1 Å². The lowest BCUT2D eigenvalue weighted by Gasteiger charge is -2.28. The Morgan fingerprint density at radius 2 is 2.11 bits per heavy atom. The molecule has 0 amide bonds. The van der Waals surface area contributed by atoms with Crippen molar-refractivity contribution in [3.05, 3.63) is 34.8 Å². The largest absolute Gasteiger partial charge is 0.370 e. The summed E-state index contributed by atoms with van der Waals surface area (Å²) in [6.07, 6.45) is 5.41. The number of piperidine rings is 1. The van der Waals surface area contributed by atoms with Gasteiger partial charge < -0.3 is 10.6 Å². The molecule has 0 radical (unpaired) electrons. The van der Waals surface area contributed by atoms with Crippen molar-refractivity contribution in [2.24, 2.45) is 5.73 Å². The first-order chi connectivity index (χ1) is 8.70. The molecule has 5 nitrogen and oxygen atoms in total. The summed E-state index contributed by atoms with van der Waals surface area (Å²) in [4.78, 5) is 14.1. The number of rotatable bonds is 4. The van der Waals surface area contributed by atoms with Gasteiger partial charge in [0.25, 0.3) is 5.56 Å². The van der Waals surface area contributed by atoms with E-state index in [9.17, 15) is 4.79 Å². The molecule has 1 aromatic heterocycles. The predicted molar refractivity (Wildman–Crippen MR) is 72.8 cm³/mol. The summed E-state index contributed by atoms with van der Waals surface area (Å²) in [5, 5.41) is 4.19. The first kappa shape index (κ1) is 12.8. The maximum Gasteiger partial charge on any atom is 0.269 e. The lowest BCUT2D eigenvalue weighted by molar-refractivity contribution is 0.570. The summed E-state index contributed by atoms with van der Waals surface area (Å²) < 4.78 is 1.41.